The predicted molar refractivity (Wildman–Crippen MR) is 153 cm³/mol. The number of morpholine rings is 1. The van der Waals surface area contributed by atoms with Crippen molar-refractivity contribution in [2.45, 2.75) is 31.6 Å². The Morgan fingerprint density at radius 3 is 2.23 bits per heavy atom. The topological polar surface area (TPSA) is 40.2 Å². The maximum Gasteiger partial charge on any atom is 0.149 e. The second kappa shape index (κ2) is 11.9. The van der Waals surface area contributed by atoms with Crippen LogP contribution in [-0.2, 0) is 11.3 Å². The van der Waals surface area contributed by atoms with E-state index in [1.807, 2.05) is 24.3 Å². The van der Waals surface area contributed by atoms with Crippen LogP contribution < -0.4 is 14.2 Å². The van der Waals surface area contributed by atoms with E-state index >= 15 is 0 Å². The minimum atomic E-state index is 0.00920. The summed E-state index contributed by atoms with van der Waals surface area (Å²) in [5.41, 5.74) is 4.84. The molecule has 4 aromatic rings. The number of hydrogen-bond acceptors (Lipinski definition) is 5. The quantitative estimate of drug-likeness (QED) is 0.260. The first kappa shape index (κ1) is 25.5. The van der Waals surface area contributed by atoms with Crippen LogP contribution in [-0.4, -0.2) is 44.0 Å². The Balaban J connectivity index is 1.25. The lowest BCUT2D eigenvalue weighted by Crippen LogP contribution is -2.44. The van der Waals surface area contributed by atoms with Gasteiger partial charge in [0, 0.05) is 36.6 Å². The van der Waals surface area contributed by atoms with Crippen molar-refractivity contribution in [2.75, 3.05) is 32.9 Å². The molecule has 4 aromatic carbocycles. The molecule has 0 saturated carbocycles. The lowest BCUT2D eigenvalue weighted by Gasteiger charge is -2.35. The van der Waals surface area contributed by atoms with Crippen molar-refractivity contribution < 1.29 is 18.9 Å². The minimum absolute atomic E-state index is 0.00920. The van der Waals surface area contributed by atoms with E-state index in [2.05, 4.69) is 90.7 Å². The molecule has 0 amide bonds. The van der Waals surface area contributed by atoms with Gasteiger partial charge in [0.05, 0.1) is 19.8 Å². The molecule has 0 bridgehead atoms. The zero-order chi connectivity index (χ0) is 26.4. The highest BCUT2D eigenvalue weighted by Crippen LogP contribution is 2.47. The fourth-order valence-electron chi connectivity index (χ4n) is 5.59. The Kier molecular flexibility index (Phi) is 7.80. The van der Waals surface area contributed by atoms with E-state index in [4.69, 9.17) is 18.9 Å². The molecule has 0 N–H and O–H groups in total. The maximum absolute atomic E-state index is 6.36. The molecule has 0 aromatic heterocycles. The van der Waals surface area contributed by atoms with Gasteiger partial charge in [-0.2, -0.15) is 0 Å². The fourth-order valence-corrected chi connectivity index (χ4v) is 5.59. The molecule has 39 heavy (non-hydrogen) atoms. The summed E-state index contributed by atoms with van der Waals surface area (Å²) in [6.45, 7) is 6.56. The van der Waals surface area contributed by atoms with Gasteiger partial charge in [0.2, 0.25) is 0 Å². The summed E-state index contributed by atoms with van der Waals surface area (Å²) in [7, 11) is 0. The number of rotatable bonds is 8. The molecule has 0 spiro atoms. The first-order valence-corrected chi connectivity index (χ1v) is 13.8. The number of fused-ring (bicyclic) bond motifs is 1. The highest BCUT2D eigenvalue weighted by molar-refractivity contribution is 5.51. The molecule has 0 radical (unpaired) electrons. The summed E-state index contributed by atoms with van der Waals surface area (Å²) in [6.07, 6.45) is 0.00920. The Morgan fingerprint density at radius 1 is 0.795 bits per heavy atom. The van der Waals surface area contributed by atoms with Crippen LogP contribution in [0.5, 0.6) is 17.2 Å². The minimum Gasteiger partial charge on any atom is -0.492 e. The molecular formula is C34H35NO4. The number of nitrogens with zero attached hydrogens (tertiary/aromatic N) is 1. The summed E-state index contributed by atoms with van der Waals surface area (Å²) >= 11 is 0. The second-order valence-electron chi connectivity index (χ2n) is 10.2. The normalized spacial score (nSPS) is 19.9. The third-order valence-corrected chi connectivity index (χ3v) is 7.72. The predicted octanol–water partition coefficient (Wildman–Crippen LogP) is 6.63. The number of benzene rings is 4. The maximum atomic E-state index is 6.36. The molecule has 6 rings (SSSR count). The third kappa shape index (κ3) is 5.95. The number of ether oxygens (including phenoxy) is 4. The van der Waals surface area contributed by atoms with Gasteiger partial charge in [0.1, 0.15) is 30.1 Å². The van der Waals surface area contributed by atoms with Crippen molar-refractivity contribution in [2.24, 2.45) is 0 Å². The first-order chi connectivity index (χ1) is 19.2. The Bertz CT molecular complexity index is 1340. The van der Waals surface area contributed by atoms with Crippen molar-refractivity contribution in [3.8, 4) is 17.2 Å². The van der Waals surface area contributed by atoms with E-state index in [0.29, 0.717) is 13.2 Å². The molecule has 3 atom stereocenters. The average molecular weight is 522 g/mol. The smallest absolute Gasteiger partial charge is 0.149 e. The zero-order valence-electron chi connectivity index (χ0n) is 22.4. The molecule has 200 valence electrons. The summed E-state index contributed by atoms with van der Waals surface area (Å²) in [5.74, 6) is 2.94. The summed E-state index contributed by atoms with van der Waals surface area (Å²) in [4.78, 5) is 2.31. The van der Waals surface area contributed by atoms with Crippen LogP contribution >= 0.6 is 0 Å². The standard InChI is InChI=1S/C34H35NO4/c1-25(35-18-20-36-21-19-35)39-29-14-12-28(13-15-29)34-31-17-16-30(37-23-26-8-4-2-5-9-26)22-33(31)38-24-32(34)27-10-6-3-7-11-27/h2-17,22,25,32,34H,18-21,23-24H2,1H3. The Morgan fingerprint density at radius 2 is 1.49 bits per heavy atom. The van der Waals surface area contributed by atoms with Crippen molar-refractivity contribution in [3.05, 3.63) is 125 Å². The zero-order valence-corrected chi connectivity index (χ0v) is 22.4. The average Bonchev–Trinajstić information content (AvgIpc) is 3.01. The summed E-state index contributed by atoms with van der Waals surface area (Å²) < 4.78 is 24.2. The highest BCUT2D eigenvalue weighted by Gasteiger charge is 2.33. The van der Waals surface area contributed by atoms with Crippen LogP contribution in [0.4, 0.5) is 0 Å². The molecule has 2 aliphatic heterocycles. The molecule has 2 aliphatic rings. The van der Waals surface area contributed by atoms with Crippen LogP contribution in [0, 0.1) is 0 Å². The van der Waals surface area contributed by atoms with E-state index in [1.165, 1.54) is 16.7 Å². The van der Waals surface area contributed by atoms with E-state index in [0.717, 1.165) is 49.1 Å². The van der Waals surface area contributed by atoms with Gasteiger partial charge < -0.3 is 18.9 Å². The van der Waals surface area contributed by atoms with E-state index in [-0.39, 0.29) is 18.1 Å². The monoisotopic (exact) mass is 521 g/mol. The third-order valence-electron chi connectivity index (χ3n) is 7.72. The van der Waals surface area contributed by atoms with Crippen LogP contribution in [0.25, 0.3) is 0 Å². The first-order valence-electron chi connectivity index (χ1n) is 13.8. The molecule has 5 heteroatoms. The van der Waals surface area contributed by atoms with Crippen molar-refractivity contribution in [1.82, 2.24) is 4.90 Å². The second-order valence-corrected chi connectivity index (χ2v) is 10.2. The van der Waals surface area contributed by atoms with Crippen LogP contribution in [0.1, 0.15) is 41.0 Å². The SMILES string of the molecule is CC(Oc1ccc(C2c3ccc(OCc4ccccc4)cc3OCC2c2ccccc2)cc1)N1CCOCC1. The highest BCUT2D eigenvalue weighted by atomic mass is 16.5. The van der Waals surface area contributed by atoms with Crippen LogP contribution in [0.2, 0.25) is 0 Å². The number of hydrogen-bond donors (Lipinski definition) is 0. The lowest BCUT2D eigenvalue weighted by atomic mass is 9.76. The molecule has 2 heterocycles. The van der Waals surface area contributed by atoms with Gasteiger partial charge in [-0.3, -0.25) is 4.90 Å². The van der Waals surface area contributed by atoms with Gasteiger partial charge in [-0.25, -0.2) is 0 Å². The van der Waals surface area contributed by atoms with Crippen LogP contribution in [0.3, 0.4) is 0 Å². The van der Waals surface area contributed by atoms with Gasteiger partial charge in [0.25, 0.3) is 0 Å². The van der Waals surface area contributed by atoms with Crippen molar-refractivity contribution >= 4 is 0 Å². The van der Waals surface area contributed by atoms with Gasteiger partial charge in [-0.05, 0) is 41.8 Å². The van der Waals surface area contributed by atoms with Crippen LogP contribution in [0.15, 0.2) is 103 Å². The van der Waals surface area contributed by atoms with E-state index < -0.39 is 0 Å². The fraction of sp³-hybridized carbons (Fsp3) is 0.294. The summed E-state index contributed by atoms with van der Waals surface area (Å²) in [5, 5.41) is 0. The van der Waals surface area contributed by atoms with Crippen molar-refractivity contribution in [1.29, 1.82) is 0 Å². The summed E-state index contributed by atoms with van der Waals surface area (Å²) in [6, 6.07) is 35.8. The molecular weight excluding hydrogens is 486 g/mol. The van der Waals surface area contributed by atoms with Crippen molar-refractivity contribution in [3.63, 3.8) is 0 Å². The van der Waals surface area contributed by atoms with Gasteiger partial charge >= 0.3 is 0 Å². The van der Waals surface area contributed by atoms with Gasteiger partial charge in [-0.15, -0.1) is 0 Å². The lowest BCUT2D eigenvalue weighted by molar-refractivity contribution is -0.0373. The van der Waals surface area contributed by atoms with E-state index in [1.54, 1.807) is 0 Å². The van der Waals surface area contributed by atoms with Gasteiger partial charge in [0.15, 0.2) is 0 Å². The Labute approximate surface area is 230 Å². The Hall–Kier alpha value is -3.80. The molecule has 1 fully saturated rings. The molecule has 3 unspecified atom stereocenters. The largest absolute Gasteiger partial charge is 0.492 e. The molecule has 0 aliphatic carbocycles. The molecule has 5 nitrogen and oxygen atoms in total. The van der Waals surface area contributed by atoms with Gasteiger partial charge in [-0.1, -0.05) is 78.9 Å². The van der Waals surface area contributed by atoms with E-state index in [9.17, 15) is 0 Å². The molecule has 1 saturated heterocycles.